The number of carbonyl (C=O) groups is 1. The van der Waals surface area contributed by atoms with Gasteiger partial charge in [-0.25, -0.2) is 13.4 Å². The molecule has 1 N–H and O–H groups in total. The lowest BCUT2D eigenvalue weighted by Crippen LogP contribution is -2.24. The van der Waals surface area contributed by atoms with E-state index in [1.807, 2.05) is 13.8 Å². The fraction of sp³-hybridized carbons (Fsp3) is 0.412. The molecule has 0 bridgehead atoms. The van der Waals surface area contributed by atoms with Crippen molar-refractivity contribution in [1.82, 2.24) is 4.98 Å². The first-order valence-corrected chi connectivity index (χ1v) is 11.2. The number of nitrogens with one attached hydrogen (secondary N) is 1. The van der Waals surface area contributed by atoms with Gasteiger partial charge in [0.2, 0.25) is 0 Å². The van der Waals surface area contributed by atoms with Crippen LogP contribution in [0, 0.1) is 6.92 Å². The summed E-state index contributed by atoms with van der Waals surface area (Å²) in [5.41, 5.74) is 0.428. The maximum atomic E-state index is 12.7. The van der Waals surface area contributed by atoms with Crippen LogP contribution in [0.1, 0.15) is 38.4 Å². The molecule has 148 valence electrons. The highest BCUT2D eigenvalue weighted by Crippen LogP contribution is 2.33. The first-order chi connectivity index (χ1) is 12.5. The van der Waals surface area contributed by atoms with Gasteiger partial charge in [-0.3, -0.25) is 9.52 Å². The highest BCUT2D eigenvalue weighted by atomic mass is 35.5. The molecule has 1 aromatic heterocycles. The quantitative estimate of drug-likeness (QED) is 0.612. The van der Waals surface area contributed by atoms with Crippen LogP contribution in [0.4, 0.5) is 5.13 Å². The second-order valence-corrected chi connectivity index (χ2v) is 9.86. The first kappa shape index (κ1) is 21.9. The SMILES string of the molecule is CCOC(=O)CC(C)(C)c1csc(NS(=O)(=O)c2c(C)cc(Cl)cc2Cl)n1. The average molecular weight is 451 g/mol. The molecular weight excluding hydrogens is 431 g/mol. The summed E-state index contributed by atoms with van der Waals surface area (Å²) in [4.78, 5) is 16.1. The minimum atomic E-state index is -3.94. The molecule has 0 atom stereocenters. The van der Waals surface area contributed by atoms with E-state index in [2.05, 4.69) is 9.71 Å². The van der Waals surface area contributed by atoms with Crippen LogP contribution in [-0.2, 0) is 25.0 Å². The highest BCUT2D eigenvalue weighted by molar-refractivity contribution is 7.93. The number of sulfonamides is 1. The molecule has 0 saturated carbocycles. The molecule has 0 fully saturated rings. The van der Waals surface area contributed by atoms with Gasteiger partial charge in [-0.1, -0.05) is 37.0 Å². The van der Waals surface area contributed by atoms with E-state index >= 15 is 0 Å². The summed E-state index contributed by atoms with van der Waals surface area (Å²) in [6.45, 7) is 7.35. The highest BCUT2D eigenvalue weighted by Gasteiger charge is 2.29. The number of aryl methyl sites for hydroxylation is 1. The van der Waals surface area contributed by atoms with E-state index in [9.17, 15) is 13.2 Å². The number of hydrogen-bond acceptors (Lipinski definition) is 6. The lowest BCUT2D eigenvalue weighted by atomic mass is 9.86. The molecule has 0 radical (unpaired) electrons. The van der Waals surface area contributed by atoms with Gasteiger partial charge in [0.05, 0.1) is 23.7 Å². The standard InChI is InChI=1S/C17H20Cl2N2O4S2/c1-5-25-14(22)8-17(3,4)13-9-26-16(20-13)21-27(23,24)15-10(2)6-11(18)7-12(15)19/h6-7,9H,5,8H2,1-4H3,(H,20,21). The maximum absolute atomic E-state index is 12.7. The minimum absolute atomic E-state index is 0.0342. The van der Waals surface area contributed by atoms with Crippen LogP contribution in [0.2, 0.25) is 10.0 Å². The van der Waals surface area contributed by atoms with E-state index in [1.165, 1.54) is 12.1 Å². The van der Waals surface area contributed by atoms with Gasteiger partial charge >= 0.3 is 5.97 Å². The van der Waals surface area contributed by atoms with Crippen LogP contribution in [-0.4, -0.2) is 26.0 Å². The van der Waals surface area contributed by atoms with Crippen molar-refractivity contribution >= 4 is 55.7 Å². The number of carbonyl (C=O) groups excluding carboxylic acids is 1. The number of esters is 1. The average Bonchev–Trinajstić information content (AvgIpc) is 2.93. The summed E-state index contributed by atoms with van der Waals surface area (Å²) in [5.74, 6) is -0.332. The third-order valence-electron chi connectivity index (χ3n) is 3.77. The summed E-state index contributed by atoms with van der Waals surface area (Å²) >= 11 is 13.1. The molecule has 2 aromatic rings. The van der Waals surface area contributed by atoms with Gasteiger partial charge in [-0.05, 0) is 31.5 Å². The van der Waals surface area contributed by atoms with Crippen molar-refractivity contribution in [2.75, 3.05) is 11.3 Å². The molecule has 0 spiro atoms. The fourth-order valence-corrected chi connectivity index (χ4v) is 5.83. The van der Waals surface area contributed by atoms with Crippen molar-refractivity contribution in [3.63, 3.8) is 0 Å². The summed E-state index contributed by atoms with van der Waals surface area (Å²) in [6.07, 6.45) is 0.138. The van der Waals surface area contributed by atoms with Gasteiger partial charge in [-0.2, -0.15) is 0 Å². The molecular formula is C17H20Cl2N2O4S2. The van der Waals surface area contributed by atoms with Crippen LogP contribution in [0.5, 0.6) is 0 Å². The van der Waals surface area contributed by atoms with Gasteiger partial charge in [0.15, 0.2) is 5.13 Å². The van der Waals surface area contributed by atoms with E-state index in [1.54, 1.807) is 19.2 Å². The molecule has 2 rings (SSSR count). The molecule has 6 nitrogen and oxygen atoms in total. The predicted molar refractivity (Wildman–Crippen MR) is 108 cm³/mol. The van der Waals surface area contributed by atoms with Crippen LogP contribution in [0.25, 0.3) is 0 Å². The van der Waals surface area contributed by atoms with Crippen molar-refractivity contribution in [2.24, 2.45) is 0 Å². The number of benzene rings is 1. The zero-order chi connectivity index (χ0) is 20.4. The Balaban J connectivity index is 2.26. The van der Waals surface area contributed by atoms with E-state index < -0.39 is 15.4 Å². The Hall–Kier alpha value is -1.35. The number of rotatable bonds is 7. The van der Waals surface area contributed by atoms with Crippen LogP contribution in [0.15, 0.2) is 22.4 Å². The summed E-state index contributed by atoms with van der Waals surface area (Å²) < 4.78 is 32.9. The molecule has 27 heavy (non-hydrogen) atoms. The zero-order valence-electron chi connectivity index (χ0n) is 15.3. The number of thiazole rings is 1. The molecule has 1 heterocycles. The molecule has 10 heteroatoms. The van der Waals surface area contributed by atoms with Crippen LogP contribution < -0.4 is 4.72 Å². The second kappa shape index (κ2) is 8.34. The maximum Gasteiger partial charge on any atom is 0.306 e. The van der Waals surface area contributed by atoms with Crippen LogP contribution >= 0.6 is 34.5 Å². The Kier molecular flexibility index (Phi) is 6.78. The lowest BCUT2D eigenvalue weighted by Gasteiger charge is -2.20. The third-order valence-corrected chi connectivity index (χ3v) is 6.83. The van der Waals surface area contributed by atoms with E-state index in [4.69, 9.17) is 27.9 Å². The molecule has 0 aliphatic carbocycles. The molecule has 0 aliphatic rings. The van der Waals surface area contributed by atoms with Gasteiger partial charge in [0.25, 0.3) is 10.0 Å². The number of anilines is 1. The number of halogens is 2. The minimum Gasteiger partial charge on any atom is -0.466 e. The third kappa shape index (κ3) is 5.34. The Morgan fingerprint density at radius 3 is 2.59 bits per heavy atom. The first-order valence-electron chi connectivity index (χ1n) is 8.06. The molecule has 1 aromatic carbocycles. The molecule has 0 amide bonds. The summed E-state index contributed by atoms with van der Waals surface area (Å²) in [7, 11) is -3.94. The molecule has 0 aliphatic heterocycles. The summed E-state index contributed by atoms with van der Waals surface area (Å²) in [5, 5.41) is 2.29. The van der Waals surface area contributed by atoms with Crippen molar-refractivity contribution in [3.05, 3.63) is 38.8 Å². The van der Waals surface area contributed by atoms with Gasteiger partial charge in [0.1, 0.15) is 4.90 Å². The Labute approximate surface area is 172 Å². The van der Waals surface area contributed by atoms with Crippen molar-refractivity contribution in [1.29, 1.82) is 0 Å². The smallest absolute Gasteiger partial charge is 0.306 e. The molecule has 0 unspecified atom stereocenters. The number of nitrogens with zero attached hydrogens (tertiary/aromatic N) is 1. The lowest BCUT2D eigenvalue weighted by molar-refractivity contribution is -0.144. The van der Waals surface area contributed by atoms with Crippen molar-refractivity contribution in [2.45, 2.75) is 44.4 Å². The topological polar surface area (TPSA) is 85.4 Å². The second-order valence-electron chi connectivity index (χ2n) is 6.54. The van der Waals surface area contributed by atoms with Gasteiger partial charge in [0, 0.05) is 15.8 Å². The summed E-state index contributed by atoms with van der Waals surface area (Å²) in [6, 6.07) is 2.90. The number of ether oxygens (including phenoxy) is 1. The zero-order valence-corrected chi connectivity index (χ0v) is 18.4. The molecule has 0 saturated heterocycles. The van der Waals surface area contributed by atoms with Crippen molar-refractivity contribution in [3.8, 4) is 0 Å². The number of hydrogen-bond donors (Lipinski definition) is 1. The Bertz CT molecular complexity index is 933. The number of aromatic nitrogens is 1. The van der Waals surface area contributed by atoms with Crippen molar-refractivity contribution < 1.29 is 17.9 Å². The largest absolute Gasteiger partial charge is 0.466 e. The Morgan fingerprint density at radius 1 is 1.33 bits per heavy atom. The van der Waals surface area contributed by atoms with E-state index in [-0.39, 0.29) is 27.4 Å². The van der Waals surface area contributed by atoms with E-state index in [0.717, 1.165) is 11.3 Å². The van der Waals surface area contributed by atoms with Gasteiger partial charge in [-0.15, -0.1) is 11.3 Å². The fourth-order valence-electron chi connectivity index (χ4n) is 2.49. The monoisotopic (exact) mass is 450 g/mol. The van der Waals surface area contributed by atoms with Gasteiger partial charge < -0.3 is 4.74 Å². The predicted octanol–water partition coefficient (Wildman–Crippen LogP) is 4.79. The van der Waals surface area contributed by atoms with Crippen LogP contribution in [0.3, 0.4) is 0 Å². The Morgan fingerprint density at radius 2 is 2.00 bits per heavy atom. The normalized spacial score (nSPS) is 12.1. The van der Waals surface area contributed by atoms with E-state index in [0.29, 0.717) is 22.9 Å².